The highest BCUT2D eigenvalue weighted by molar-refractivity contribution is 5.20. The highest BCUT2D eigenvalue weighted by atomic mass is 15.0. The molecule has 0 heterocycles. The molecule has 0 bridgehead atoms. The highest BCUT2D eigenvalue weighted by Crippen LogP contribution is 2.26. The molecule has 0 radical (unpaired) electrons. The summed E-state index contributed by atoms with van der Waals surface area (Å²) in [7, 11) is 0. The Kier molecular flexibility index (Phi) is 5.67. The molecule has 0 spiro atoms. The van der Waals surface area contributed by atoms with E-state index in [9.17, 15) is 0 Å². The van der Waals surface area contributed by atoms with Crippen molar-refractivity contribution in [3.8, 4) is 0 Å². The minimum atomic E-state index is 0.529. The molecule has 17 heavy (non-hydrogen) atoms. The summed E-state index contributed by atoms with van der Waals surface area (Å²) in [5.74, 6) is 0. The molecule has 0 aromatic carbocycles. The number of hydrogen-bond donors (Lipinski definition) is 0. The molecule has 0 N–H and O–H groups in total. The lowest BCUT2D eigenvalue weighted by molar-refractivity contribution is -0.511. The third-order valence-corrected chi connectivity index (χ3v) is 4.00. The van der Waals surface area contributed by atoms with Gasteiger partial charge in [-0.15, -0.1) is 0 Å². The zero-order valence-corrected chi connectivity index (χ0v) is 11.9. The Balaban J connectivity index is 2.54. The van der Waals surface area contributed by atoms with Gasteiger partial charge in [0.05, 0.1) is 0 Å². The maximum Gasteiger partial charge on any atom is 0.179 e. The second-order valence-electron chi connectivity index (χ2n) is 5.40. The van der Waals surface area contributed by atoms with Crippen LogP contribution in [0, 0.1) is 0 Å². The molecule has 0 amide bonds. The van der Waals surface area contributed by atoms with Crippen molar-refractivity contribution in [2.45, 2.75) is 71.8 Å². The number of allylic oxidation sites excluding steroid dienone is 3. The summed E-state index contributed by atoms with van der Waals surface area (Å²) < 4.78 is 2.26. The summed E-state index contributed by atoms with van der Waals surface area (Å²) in [6, 6.07) is 0.529. The molecular weight excluding hydrogens is 206 g/mol. The van der Waals surface area contributed by atoms with Crippen LogP contribution in [-0.4, -0.2) is 17.3 Å². The van der Waals surface area contributed by atoms with Crippen molar-refractivity contribution in [3.05, 3.63) is 23.4 Å². The molecule has 0 aromatic rings. The Bertz CT molecular complexity index is 322. The predicted octanol–water partition coefficient (Wildman–Crippen LogP) is 4.68. The molecule has 1 nitrogen and oxygen atoms in total. The molecule has 1 aliphatic carbocycles. The smallest absolute Gasteiger partial charge is 0.179 e. The average molecular weight is 234 g/mol. The van der Waals surface area contributed by atoms with E-state index in [2.05, 4.69) is 38.6 Å². The van der Waals surface area contributed by atoms with Gasteiger partial charge in [0.2, 0.25) is 0 Å². The fraction of sp³-hybridized carbons (Fsp3) is 0.688. The van der Waals surface area contributed by atoms with E-state index in [-0.39, 0.29) is 0 Å². The molecule has 0 aliphatic heterocycles. The van der Waals surface area contributed by atoms with E-state index < -0.39 is 0 Å². The van der Waals surface area contributed by atoms with Gasteiger partial charge in [0.1, 0.15) is 6.72 Å². The van der Waals surface area contributed by atoms with Gasteiger partial charge in [0.25, 0.3) is 0 Å². The molecule has 1 rings (SSSR count). The number of rotatable bonds is 6. The van der Waals surface area contributed by atoms with E-state index in [0.29, 0.717) is 6.04 Å². The van der Waals surface area contributed by atoms with E-state index in [1.807, 2.05) is 0 Å². The SMILES string of the molecule is C=C(CC)CCC(C)[N+](=C)C1=C(C)CCCC1. The Morgan fingerprint density at radius 2 is 2.00 bits per heavy atom. The summed E-state index contributed by atoms with van der Waals surface area (Å²) in [5, 5.41) is 0. The summed E-state index contributed by atoms with van der Waals surface area (Å²) in [6.45, 7) is 15.1. The number of hydrogen-bond acceptors (Lipinski definition) is 0. The molecule has 96 valence electrons. The highest BCUT2D eigenvalue weighted by Gasteiger charge is 2.22. The van der Waals surface area contributed by atoms with Crippen molar-refractivity contribution in [1.82, 2.24) is 0 Å². The van der Waals surface area contributed by atoms with Gasteiger partial charge in [-0.1, -0.05) is 19.1 Å². The molecule has 0 aromatic heterocycles. The fourth-order valence-electron chi connectivity index (χ4n) is 2.44. The monoisotopic (exact) mass is 234 g/mol. The zero-order valence-electron chi connectivity index (χ0n) is 11.9. The lowest BCUT2D eigenvalue weighted by atomic mass is 9.96. The summed E-state index contributed by atoms with van der Waals surface area (Å²) >= 11 is 0. The van der Waals surface area contributed by atoms with Crippen molar-refractivity contribution in [1.29, 1.82) is 0 Å². The lowest BCUT2D eigenvalue weighted by Gasteiger charge is -2.18. The topological polar surface area (TPSA) is 3.01 Å². The Hall–Kier alpha value is -0.850. The first-order valence-corrected chi connectivity index (χ1v) is 7.01. The van der Waals surface area contributed by atoms with E-state index >= 15 is 0 Å². The quantitative estimate of drug-likeness (QED) is 0.356. The van der Waals surface area contributed by atoms with Gasteiger partial charge in [0.15, 0.2) is 11.7 Å². The van der Waals surface area contributed by atoms with Crippen LogP contribution in [0.5, 0.6) is 0 Å². The molecule has 1 atom stereocenters. The largest absolute Gasteiger partial charge is 0.207 e. The van der Waals surface area contributed by atoms with Crippen LogP contribution in [0.1, 0.15) is 65.7 Å². The summed E-state index contributed by atoms with van der Waals surface area (Å²) in [6.07, 6.45) is 8.57. The van der Waals surface area contributed by atoms with Crippen LogP contribution in [0.3, 0.4) is 0 Å². The Morgan fingerprint density at radius 1 is 1.35 bits per heavy atom. The molecule has 0 saturated carbocycles. The van der Waals surface area contributed by atoms with Gasteiger partial charge in [0, 0.05) is 12.8 Å². The molecule has 0 fully saturated rings. The van der Waals surface area contributed by atoms with Crippen LogP contribution < -0.4 is 0 Å². The normalized spacial score (nSPS) is 18.1. The molecule has 1 aliphatic rings. The third-order valence-electron chi connectivity index (χ3n) is 4.00. The maximum atomic E-state index is 4.26. The average Bonchev–Trinajstić information content (AvgIpc) is 2.35. The van der Waals surface area contributed by atoms with Gasteiger partial charge in [-0.2, -0.15) is 0 Å². The van der Waals surface area contributed by atoms with Crippen molar-refractivity contribution in [3.63, 3.8) is 0 Å². The standard InChI is InChI=1S/C16H28N/c1-6-13(2)11-12-15(4)17(5)16-10-8-7-9-14(16)3/h15H,2,5-12H2,1,3-4H3/q+1. The molecule has 0 saturated heterocycles. The zero-order chi connectivity index (χ0) is 12.8. The fourth-order valence-corrected chi connectivity index (χ4v) is 2.44. The molecule has 1 unspecified atom stereocenters. The maximum absolute atomic E-state index is 4.26. The van der Waals surface area contributed by atoms with Gasteiger partial charge in [-0.05, 0) is 51.5 Å². The minimum Gasteiger partial charge on any atom is -0.207 e. The first kappa shape index (κ1) is 14.2. The van der Waals surface area contributed by atoms with Gasteiger partial charge in [-0.3, -0.25) is 0 Å². The van der Waals surface area contributed by atoms with Crippen molar-refractivity contribution >= 4 is 6.72 Å². The van der Waals surface area contributed by atoms with Crippen LogP contribution in [0.25, 0.3) is 0 Å². The first-order chi connectivity index (χ1) is 8.06. The van der Waals surface area contributed by atoms with Crippen molar-refractivity contribution in [2.24, 2.45) is 0 Å². The van der Waals surface area contributed by atoms with Crippen LogP contribution >= 0.6 is 0 Å². The van der Waals surface area contributed by atoms with E-state index in [1.54, 1.807) is 5.57 Å². The van der Waals surface area contributed by atoms with Crippen LogP contribution in [0.2, 0.25) is 0 Å². The van der Waals surface area contributed by atoms with E-state index in [0.717, 1.165) is 12.8 Å². The van der Waals surface area contributed by atoms with Gasteiger partial charge in [-0.25, -0.2) is 4.58 Å². The summed E-state index contributed by atoms with van der Waals surface area (Å²) in [5.41, 5.74) is 4.40. The molecular formula is C16H28N+. The van der Waals surface area contributed by atoms with E-state index in [4.69, 9.17) is 0 Å². The second kappa shape index (κ2) is 6.78. The number of nitrogens with zero attached hydrogens (tertiary/aromatic N) is 1. The first-order valence-electron chi connectivity index (χ1n) is 7.01. The Labute approximate surface area is 107 Å². The minimum absolute atomic E-state index is 0.529. The third kappa shape index (κ3) is 4.14. The predicted molar refractivity (Wildman–Crippen MR) is 76.7 cm³/mol. The van der Waals surface area contributed by atoms with Crippen LogP contribution in [0.4, 0.5) is 0 Å². The van der Waals surface area contributed by atoms with Crippen LogP contribution in [0.15, 0.2) is 23.4 Å². The van der Waals surface area contributed by atoms with Gasteiger partial charge >= 0.3 is 0 Å². The van der Waals surface area contributed by atoms with Crippen molar-refractivity contribution in [2.75, 3.05) is 0 Å². The Morgan fingerprint density at radius 3 is 2.59 bits per heavy atom. The second-order valence-corrected chi connectivity index (χ2v) is 5.40. The van der Waals surface area contributed by atoms with E-state index in [1.165, 1.54) is 43.4 Å². The van der Waals surface area contributed by atoms with Gasteiger partial charge < -0.3 is 0 Å². The summed E-state index contributed by atoms with van der Waals surface area (Å²) in [4.78, 5) is 0. The molecule has 1 heteroatoms. The van der Waals surface area contributed by atoms with Crippen molar-refractivity contribution < 1.29 is 4.58 Å². The van der Waals surface area contributed by atoms with Crippen LogP contribution in [-0.2, 0) is 0 Å². The lowest BCUT2D eigenvalue weighted by Crippen LogP contribution is -2.23.